The molecule has 0 fully saturated rings. The van der Waals surface area contributed by atoms with Gasteiger partial charge in [0.1, 0.15) is 6.61 Å². The van der Waals surface area contributed by atoms with E-state index < -0.39 is 6.04 Å². The fraction of sp³-hybridized carbons (Fsp3) is 0.800. The SMILES string of the molecule is CC(=O)OC[C@@H](N)CO. The van der Waals surface area contributed by atoms with Gasteiger partial charge in [-0.2, -0.15) is 0 Å². The second-order valence-electron chi connectivity index (χ2n) is 1.75. The van der Waals surface area contributed by atoms with Gasteiger partial charge in [-0.25, -0.2) is 0 Å². The number of aliphatic hydroxyl groups excluding tert-OH is 1. The van der Waals surface area contributed by atoms with Crippen LogP contribution >= 0.6 is 0 Å². The first-order chi connectivity index (χ1) is 4.16. The molecule has 0 aromatic carbocycles. The third kappa shape index (κ3) is 5.26. The second-order valence-corrected chi connectivity index (χ2v) is 1.75. The van der Waals surface area contributed by atoms with E-state index in [1.807, 2.05) is 0 Å². The second kappa shape index (κ2) is 4.29. The molecule has 0 aliphatic rings. The maximum Gasteiger partial charge on any atom is 0.302 e. The first-order valence-electron chi connectivity index (χ1n) is 2.66. The zero-order valence-corrected chi connectivity index (χ0v) is 5.33. The number of aliphatic hydroxyl groups is 1. The smallest absolute Gasteiger partial charge is 0.302 e. The largest absolute Gasteiger partial charge is 0.464 e. The Hall–Kier alpha value is -0.610. The van der Waals surface area contributed by atoms with Crippen molar-refractivity contribution in [2.24, 2.45) is 5.73 Å². The van der Waals surface area contributed by atoms with Gasteiger partial charge in [0.05, 0.1) is 12.6 Å². The summed E-state index contributed by atoms with van der Waals surface area (Å²) in [5.74, 6) is -0.376. The molecule has 0 unspecified atom stereocenters. The molecule has 0 saturated heterocycles. The molecule has 0 aromatic heterocycles. The van der Waals surface area contributed by atoms with Crippen LogP contribution in [-0.4, -0.2) is 30.3 Å². The summed E-state index contributed by atoms with van der Waals surface area (Å²) in [6, 6.07) is -0.450. The van der Waals surface area contributed by atoms with Gasteiger partial charge in [-0.05, 0) is 0 Å². The quantitative estimate of drug-likeness (QED) is 0.478. The number of rotatable bonds is 3. The monoisotopic (exact) mass is 133 g/mol. The lowest BCUT2D eigenvalue weighted by Crippen LogP contribution is -2.30. The molecule has 0 aliphatic heterocycles. The average molecular weight is 133 g/mol. The molecule has 0 radical (unpaired) electrons. The molecule has 0 saturated carbocycles. The summed E-state index contributed by atoms with van der Waals surface area (Å²) in [5.41, 5.74) is 5.19. The number of hydrogen-bond acceptors (Lipinski definition) is 4. The van der Waals surface area contributed by atoms with Crippen LogP contribution in [0.2, 0.25) is 0 Å². The van der Waals surface area contributed by atoms with Gasteiger partial charge >= 0.3 is 5.97 Å². The van der Waals surface area contributed by atoms with Crippen molar-refractivity contribution in [3.05, 3.63) is 0 Å². The Kier molecular flexibility index (Phi) is 4.00. The van der Waals surface area contributed by atoms with Crippen molar-refractivity contribution >= 4 is 5.97 Å². The van der Waals surface area contributed by atoms with Crippen LogP contribution in [0.25, 0.3) is 0 Å². The van der Waals surface area contributed by atoms with Crippen molar-refractivity contribution < 1.29 is 14.6 Å². The predicted molar refractivity (Wildman–Crippen MR) is 31.7 cm³/mol. The van der Waals surface area contributed by atoms with Crippen molar-refractivity contribution in [3.63, 3.8) is 0 Å². The molecule has 4 heteroatoms. The number of carbonyl (C=O) groups is 1. The minimum Gasteiger partial charge on any atom is -0.464 e. The summed E-state index contributed by atoms with van der Waals surface area (Å²) in [6.45, 7) is 1.23. The molecule has 1 atom stereocenters. The summed E-state index contributed by atoms with van der Waals surface area (Å²) in [7, 11) is 0. The Labute approximate surface area is 53.6 Å². The molecule has 9 heavy (non-hydrogen) atoms. The van der Waals surface area contributed by atoms with Gasteiger partial charge in [0.2, 0.25) is 0 Å². The van der Waals surface area contributed by atoms with Gasteiger partial charge in [-0.1, -0.05) is 0 Å². The summed E-state index contributed by atoms with van der Waals surface area (Å²) in [6.07, 6.45) is 0. The van der Waals surface area contributed by atoms with E-state index in [4.69, 9.17) is 10.8 Å². The molecule has 0 aromatic rings. The minimum absolute atomic E-state index is 0.0891. The fourth-order valence-electron chi connectivity index (χ4n) is 0.277. The van der Waals surface area contributed by atoms with Gasteiger partial charge in [-0.3, -0.25) is 4.79 Å². The lowest BCUT2D eigenvalue weighted by atomic mass is 10.4. The molecule has 0 spiro atoms. The summed E-state index contributed by atoms with van der Waals surface area (Å²) >= 11 is 0. The van der Waals surface area contributed by atoms with Gasteiger partial charge in [0.25, 0.3) is 0 Å². The summed E-state index contributed by atoms with van der Waals surface area (Å²) < 4.78 is 4.47. The van der Waals surface area contributed by atoms with E-state index in [0.29, 0.717) is 0 Å². The number of nitrogens with two attached hydrogens (primary N) is 1. The van der Waals surface area contributed by atoms with Crippen molar-refractivity contribution in [1.82, 2.24) is 0 Å². The van der Waals surface area contributed by atoms with Gasteiger partial charge < -0.3 is 15.6 Å². The van der Waals surface area contributed by atoms with Crippen molar-refractivity contribution in [3.8, 4) is 0 Å². The molecule has 0 bridgehead atoms. The number of carbonyl (C=O) groups excluding carboxylic acids is 1. The topological polar surface area (TPSA) is 72.5 Å². The molecule has 3 N–H and O–H groups in total. The summed E-state index contributed by atoms with van der Waals surface area (Å²) in [4.78, 5) is 10.1. The van der Waals surface area contributed by atoms with Crippen LogP contribution in [-0.2, 0) is 9.53 Å². The Balaban J connectivity index is 3.16. The Morgan fingerprint density at radius 1 is 1.89 bits per heavy atom. The predicted octanol–water partition coefficient (Wildman–Crippen LogP) is -1.13. The van der Waals surface area contributed by atoms with E-state index in [-0.39, 0.29) is 19.2 Å². The Morgan fingerprint density at radius 3 is 2.78 bits per heavy atom. The first kappa shape index (κ1) is 8.39. The van der Waals surface area contributed by atoms with E-state index in [9.17, 15) is 4.79 Å². The Morgan fingerprint density at radius 2 is 2.44 bits per heavy atom. The van der Waals surface area contributed by atoms with E-state index in [0.717, 1.165) is 0 Å². The molecule has 54 valence electrons. The maximum atomic E-state index is 10.1. The van der Waals surface area contributed by atoms with Gasteiger partial charge in [0, 0.05) is 6.92 Å². The van der Waals surface area contributed by atoms with E-state index in [2.05, 4.69) is 4.74 Å². The van der Waals surface area contributed by atoms with Gasteiger partial charge in [0.15, 0.2) is 0 Å². The van der Waals surface area contributed by atoms with Crippen LogP contribution in [0.1, 0.15) is 6.92 Å². The molecule has 0 rings (SSSR count). The van der Waals surface area contributed by atoms with Crippen molar-refractivity contribution in [2.75, 3.05) is 13.2 Å². The normalized spacial score (nSPS) is 12.8. The average Bonchev–Trinajstić information content (AvgIpc) is 1.83. The third-order valence-electron chi connectivity index (χ3n) is 0.735. The molecule has 0 amide bonds. The highest BCUT2D eigenvalue weighted by Crippen LogP contribution is 1.80. The number of esters is 1. The first-order valence-corrected chi connectivity index (χ1v) is 2.66. The number of hydrogen-bond donors (Lipinski definition) is 2. The van der Waals surface area contributed by atoms with Crippen LogP contribution in [0.3, 0.4) is 0 Å². The van der Waals surface area contributed by atoms with Crippen LogP contribution in [0.4, 0.5) is 0 Å². The Bertz CT molecular complexity index is 94.2. The molecular weight excluding hydrogens is 122 g/mol. The standard InChI is InChI=1S/C5H11NO3/c1-4(8)9-3-5(6)2-7/h5,7H,2-3,6H2,1H3/t5-/m0/s1. The zero-order chi connectivity index (χ0) is 7.28. The highest BCUT2D eigenvalue weighted by atomic mass is 16.5. The van der Waals surface area contributed by atoms with Crippen molar-refractivity contribution in [1.29, 1.82) is 0 Å². The molecule has 4 nitrogen and oxygen atoms in total. The molecule has 0 heterocycles. The summed E-state index contributed by atoms with van der Waals surface area (Å²) in [5, 5.41) is 8.33. The van der Waals surface area contributed by atoms with Crippen LogP contribution in [0, 0.1) is 0 Å². The molecule has 0 aliphatic carbocycles. The zero-order valence-electron chi connectivity index (χ0n) is 5.33. The molecular formula is C5H11NO3. The highest BCUT2D eigenvalue weighted by molar-refractivity contribution is 5.65. The lowest BCUT2D eigenvalue weighted by Gasteiger charge is -2.06. The minimum atomic E-state index is -0.450. The van der Waals surface area contributed by atoms with E-state index in [1.165, 1.54) is 6.92 Å². The highest BCUT2D eigenvalue weighted by Gasteiger charge is 2.00. The van der Waals surface area contributed by atoms with E-state index >= 15 is 0 Å². The van der Waals surface area contributed by atoms with Gasteiger partial charge in [-0.15, -0.1) is 0 Å². The van der Waals surface area contributed by atoms with Crippen LogP contribution in [0.15, 0.2) is 0 Å². The lowest BCUT2D eigenvalue weighted by molar-refractivity contribution is -0.141. The maximum absolute atomic E-state index is 10.1. The third-order valence-corrected chi connectivity index (χ3v) is 0.735. The van der Waals surface area contributed by atoms with Crippen LogP contribution in [0.5, 0.6) is 0 Å². The number of ether oxygens (including phenoxy) is 1. The van der Waals surface area contributed by atoms with Crippen LogP contribution < -0.4 is 5.73 Å². The fourth-order valence-corrected chi connectivity index (χ4v) is 0.277. The van der Waals surface area contributed by atoms with Crippen molar-refractivity contribution in [2.45, 2.75) is 13.0 Å². The van der Waals surface area contributed by atoms with E-state index in [1.54, 1.807) is 0 Å².